The average Bonchev–Trinajstić information content (AvgIpc) is 3.15. The lowest BCUT2D eigenvalue weighted by Crippen LogP contribution is -2.22. The number of carbonyl (C=O) groups is 2. The fourth-order valence-electron chi connectivity index (χ4n) is 3.16. The van der Waals surface area contributed by atoms with Gasteiger partial charge < -0.3 is 9.30 Å². The van der Waals surface area contributed by atoms with Gasteiger partial charge in [-0.25, -0.2) is 12.8 Å². The maximum absolute atomic E-state index is 13.7. The second kappa shape index (κ2) is 9.57. The van der Waals surface area contributed by atoms with E-state index in [1.807, 2.05) is 0 Å². The summed E-state index contributed by atoms with van der Waals surface area (Å²) in [5.74, 6) is -1.68. The number of carbonyl (C=O) groups excluding carboxylic acids is 2. The molecule has 11 heteroatoms. The molecule has 0 radical (unpaired) electrons. The summed E-state index contributed by atoms with van der Waals surface area (Å²) in [7, 11) is -2.60. The van der Waals surface area contributed by atoms with Gasteiger partial charge in [-0.05, 0) is 48.5 Å². The Bertz CT molecular complexity index is 1560. The number of methoxy groups -OCH3 is 1. The first-order valence-electron chi connectivity index (χ1n) is 9.89. The van der Waals surface area contributed by atoms with Crippen molar-refractivity contribution in [1.82, 2.24) is 4.57 Å². The summed E-state index contributed by atoms with van der Waals surface area (Å²) in [5, 5.41) is 0. The molecule has 174 valence electrons. The Morgan fingerprint density at radius 1 is 1.06 bits per heavy atom. The Kier molecular flexibility index (Phi) is 6.57. The largest absolute Gasteiger partial charge is 0.468 e. The minimum Gasteiger partial charge on any atom is -0.468 e. The second-order valence-electron chi connectivity index (χ2n) is 7.08. The molecule has 0 aliphatic heterocycles. The smallest absolute Gasteiger partial charge is 0.325 e. The van der Waals surface area contributed by atoms with Crippen molar-refractivity contribution in [2.24, 2.45) is 4.99 Å². The summed E-state index contributed by atoms with van der Waals surface area (Å²) in [6, 6.07) is 17.7. The molecule has 0 unspecified atom stereocenters. The monoisotopic (exact) mass is 499 g/mol. The number of thiazole rings is 1. The van der Waals surface area contributed by atoms with E-state index in [0.29, 0.717) is 10.2 Å². The summed E-state index contributed by atoms with van der Waals surface area (Å²) in [5.41, 5.74) is 0.833. The van der Waals surface area contributed by atoms with Crippen LogP contribution < -0.4 is 9.52 Å². The number of fused-ring (bicyclic) bond motifs is 1. The van der Waals surface area contributed by atoms with E-state index < -0.39 is 27.7 Å². The Morgan fingerprint density at radius 3 is 2.56 bits per heavy atom. The Morgan fingerprint density at radius 2 is 1.82 bits per heavy atom. The summed E-state index contributed by atoms with van der Waals surface area (Å²) >= 11 is 1.04. The molecule has 0 saturated carbocycles. The number of nitrogens with zero attached hydrogens (tertiary/aromatic N) is 2. The zero-order chi connectivity index (χ0) is 24.3. The van der Waals surface area contributed by atoms with Crippen molar-refractivity contribution in [2.45, 2.75) is 11.4 Å². The molecule has 0 aliphatic rings. The summed E-state index contributed by atoms with van der Waals surface area (Å²) in [6.45, 7) is -0.217. The SMILES string of the molecule is COC(=O)Cn1c(=NC(=O)c2cccc(NS(=O)(=O)c3ccccc3)c2)sc2cc(F)ccc21. The molecule has 0 bridgehead atoms. The number of aromatic nitrogens is 1. The lowest BCUT2D eigenvalue weighted by atomic mass is 10.2. The van der Waals surface area contributed by atoms with Crippen molar-refractivity contribution < 1.29 is 27.1 Å². The van der Waals surface area contributed by atoms with E-state index in [-0.39, 0.29) is 27.5 Å². The highest BCUT2D eigenvalue weighted by Crippen LogP contribution is 2.20. The van der Waals surface area contributed by atoms with Crippen LogP contribution in [0.3, 0.4) is 0 Å². The van der Waals surface area contributed by atoms with Gasteiger partial charge in [-0.15, -0.1) is 0 Å². The molecule has 1 heterocycles. The number of hydrogen-bond acceptors (Lipinski definition) is 6. The number of rotatable bonds is 6. The highest BCUT2D eigenvalue weighted by Gasteiger charge is 2.16. The van der Waals surface area contributed by atoms with Crippen LogP contribution in [0.1, 0.15) is 10.4 Å². The average molecular weight is 500 g/mol. The van der Waals surface area contributed by atoms with Crippen molar-refractivity contribution in [3.63, 3.8) is 0 Å². The van der Waals surface area contributed by atoms with Crippen LogP contribution in [0, 0.1) is 5.82 Å². The topological polar surface area (TPSA) is 107 Å². The van der Waals surface area contributed by atoms with Gasteiger partial charge in [0.05, 0.1) is 22.2 Å². The molecular formula is C23H18FN3O5S2. The third kappa shape index (κ3) is 5.05. The number of nitrogens with one attached hydrogen (secondary N) is 1. The van der Waals surface area contributed by atoms with Gasteiger partial charge >= 0.3 is 5.97 Å². The van der Waals surface area contributed by atoms with Gasteiger partial charge in [-0.2, -0.15) is 4.99 Å². The van der Waals surface area contributed by atoms with Crippen molar-refractivity contribution in [3.05, 3.63) is 89.0 Å². The summed E-state index contributed by atoms with van der Waals surface area (Å²) in [6.07, 6.45) is 0. The lowest BCUT2D eigenvalue weighted by molar-refractivity contribution is -0.141. The van der Waals surface area contributed by atoms with Crippen LogP contribution in [-0.4, -0.2) is 32.0 Å². The van der Waals surface area contributed by atoms with E-state index in [0.717, 1.165) is 11.3 Å². The van der Waals surface area contributed by atoms with Crippen molar-refractivity contribution in [1.29, 1.82) is 0 Å². The van der Waals surface area contributed by atoms with E-state index in [2.05, 4.69) is 9.71 Å². The fourth-order valence-corrected chi connectivity index (χ4v) is 5.28. The van der Waals surface area contributed by atoms with Gasteiger partial charge in [0.25, 0.3) is 15.9 Å². The van der Waals surface area contributed by atoms with Gasteiger partial charge in [-0.3, -0.25) is 14.3 Å². The quantitative estimate of drug-likeness (QED) is 0.408. The molecule has 4 rings (SSSR count). The van der Waals surface area contributed by atoms with Crippen molar-refractivity contribution in [2.75, 3.05) is 11.8 Å². The van der Waals surface area contributed by atoms with Crippen molar-refractivity contribution >= 4 is 49.1 Å². The van der Waals surface area contributed by atoms with E-state index in [1.165, 1.54) is 66.3 Å². The molecule has 1 aromatic heterocycles. The number of hydrogen-bond donors (Lipinski definition) is 1. The number of ether oxygens (including phenoxy) is 1. The van der Waals surface area contributed by atoms with Gasteiger partial charge in [0.2, 0.25) is 0 Å². The minimum atomic E-state index is -3.84. The maximum atomic E-state index is 13.7. The summed E-state index contributed by atoms with van der Waals surface area (Å²) < 4.78 is 48.0. The highest BCUT2D eigenvalue weighted by atomic mass is 32.2. The number of esters is 1. The fraction of sp³-hybridized carbons (Fsp3) is 0.0870. The second-order valence-corrected chi connectivity index (χ2v) is 9.77. The lowest BCUT2D eigenvalue weighted by Gasteiger charge is -2.08. The molecule has 34 heavy (non-hydrogen) atoms. The standard InChI is InChI=1S/C23H18FN3O5S2/c1-32-21(28)14-27-19-11-10-16(24)13-20(19)33-23(27)25-22(29)15-6-5-7-17(12-15)26-34(30,31)18-8-3-2-4-9-18/h2-13,26H,14H2,1H3. The van der Waals surface area contributed by atoms with Crippen LogP contribution in [0.25, 0.3) is 10.2 Å². The number of benzene rings is 3. The maximum Gasteiger partial charge on any atom is 0.325 e. The molecule has 0 atom stereocenters. The van der Waals surface area contributed by atoms with Crippen LogP contribution in [-0.2, 0) is 26.1 Å². The molecule has 4 aromatic rings. The highest BCUT2D eigenvalue weighted by molar-refractivity contribution is 7.92. The number of amides is 1. The van der Waals surface area contributed by atoms with Crippen LogP contribution in [0.4, 0.5) is 10.1 Å². The summed E-state index contributed by atoms with van der Waals surface area (Å²) in [4.78, 5) is 29.2. The molecule has 0 spiro atoms. The first kappa shape index (κ1) is 23.3. The Hall–Kier alpha value is -3.83. The van der Waals surface area contributed by atoms with Gasteiger partial charge in [-0.1, -0.05) is 35.6 Å². The zero-order valence-corrected chi connectivity index (χ0v) is 19.4. The molecule has 0 aliphatic carbocycles. The molecule has 8 nitrogen and oxygen atoms in total. The van der Waals surface area contributed by atoms with E-state index in [1.54, 1.807) is 18.2 Å². The minimum absolute atomic E-state index is 0.0813. The number of halogens is 1. The Balaban J connectivity index is 1.70. The zero-order valence-electron chi connectivity index (χ0n) is 17.8. The molecule has 3 aromatic carbocycles. The molecule has 1 amide bonds. The van der Waals surface area contributed by atoms with Crippen LogP contribution in [0.15, 0.2) is 82.7 Å². The van der Waals surface area contributed by atoms with Crippen molar-refractivity contribution in [3.8, 4) is 0 Å². The first-order valence-corrected chi connectivity index (χ1v) is 12.2. The van der Waals surface area contributed by atoms with E-state index >= 15 is 0 Å². The molecule has 0 saturated heterocycles. The third-order valence-corrected chi connectivity index (χ3v) is 7.21. The number of sulfonamides is 1. The van der Waals surface area contributed by atoms with E-state index in [9.17, 15) is 22.4 Å². The Labute approximate surface area is 198 Å². The predicted molar refractivity (Wildman–Crippen MR) is 125 cm³/mol. The van der Waals surface area contributed by atoms with E-state index in [4.69, 9.17) is 4.74 Å². The molecule has 1 N–H and O–H groups in total. The third-order valence-electron chi connectivity index (χ3n) is 4.77. The van der Waals surface area contributed by atoms with Gasteiger partial charge in [0.1, 0.15) is 12.4 Å². The molecule has 0 fully saturated rings. The van der Waals surface area contributed by atoms with Crippen LogP contribution >= 0.6 is 11.3 Å². The normalized spacial score (nSPS) is 12.0. The van der Waals surface area contributed by atoms with Crippen LogP contribution in [0.2, 0.25) is 0 Å². The predicted octanol–water partition coefficient (Wildman–Crippen LogP) is 3.56. The van der Waals surface area contributed by atoms with Crippen LogP contribution in [0.5, 0.6) is 0 Å². The number of anilines is 1. The van der Waals surface area contributed by atoms with Gasteiger partial charge in [0, 0.05) is 11.3 Å². The first-order chi connectivity index (χ1) is 16.3. The van der Waals surface area contributed by atoms with Gasteiger partial charge in [0.15, 0.2) is 4.80 Å². The molecular weight excluding hydrogens is 481 g/mol.